The van der Waals surface area contributed by atoms with Gasteiger partial charge in [-0.2, -0.15) is 0 Å². The molecule has 0 bridgehead atoms. The van der Waals surface area contributed by atoms with E-state index in [2.05, 4.69) is 5.32 Å². The van der Waals surface area contributed by atoms with Gasteiger partial charge < -0.3 is 10.1 Å². The number of aldehydes is 1. The maximum absolute atomic E-state index is 10.6. The Labute approximate surface area is 66.9 Å². The molecule has 1 atom stereocenters. The number of likely N-dealkylation sites (N-methyl/N-ethyl adjacent to an activating group) is 1. The molecule has 0 saturated heterocycles. The molecule has 0 aliphatic rings. The highest BCUT2D eigenvalue weighted by atomic mass is 32.2. The van der Waals surface area contributed by atoms with Crippen molar-refractivity contribution < 1.29 is 13.2 Å². The van der Waals surface area contributed by atoms with Crippen molar-refractivity contribution in [2.75, 3.05) is 19.1 Å². The van der Waals surface area contributed by atoms with E-state index in [1.54, 1.807) is 7.05 Å². The van der Waals surface area contributed by atoms with E-state index < -0.39 is 9.84 Å². The Balaban J connectivity index is 3.78. The van der Waals surface area contributed by atoms with E-state index in [1.807, 2.05) is 0 Å². The van der Waals surface area contributed by atoms with Crippen molar-refractivity contribution in [1.82, 2.24) is 5.32 Å². The fraction of sp³-hybridized carbons (Fsp3) is 0.833. The minimum Gasteiger partial charge on any atom is -0.311 e. The van der Waals surface area contributed by atoms with Crippen LogP contribution in [0.4, 0.5) is 0 Å². The van der Waals surface area contributed by atoms with Gasteiger partial charge in [-0.25, -0.2) is 8.42 Å². The van der Waals surface area contributed by atoms with Gasteiger partial charge in [0.15, 0.2) is 0 Å². The van der Waals surface area contributed by atoms with Crippen LogP contribution in [-0.2, 0) is 14.6 Å². The number of rotatable bonds is 5. The van der Waals surface area contributed by atoms with Gasteiger partial charge in [0.2, 0.25) is 0 Å². The lowest BCUT2D eigenvalue weighted by Crippen LogP contribution is -2.28. The van der Waals surface area contributed by atoms with Crippen LogP contribution >= 0.6 is 0 Å². The molecule has 0 radical (unpaired) electrons. The second-order valence-corrected chi connectivity index (χ2v) is 4.71. The molecule has 66 valence electrons. The quantitative estimate of drug-likeness (QED) is 0.562. The summed E-state index contributed by atoms with van der Waals surface area (Å²) < 4.78 is 21.2. The van der Waals surface area contributed by atoms with Crippen molar-refractivity contribution in [2.24, 2.45) is 0 Å². The number of hydrogen-bond donors (Lipinski definition) is 1. The van der Waals surface area contributed by atoms with Gasteiger partial charge in [0, 0.05) is 6.26 Å². The van der Waals surface area contributed by atoms with Gasteiger partial charge in [-0.05, 0) is 13.5 Å². The molecule has 0 rings (SSSR count). The third-order valence-corrected chi connectivity index (χ3v) is 2.31. The molecule has 0 aromatic carbocycles. The fourth-order valence-electron chi connectivity index (χ4n) is 0.621. The normalized spacial score (nSPS) is 14.4. The molecule has 0 fully saturated rings. The van der Waals surface area contributed by atoms with E-state index in [4.69, 9.17) is 0 Å². The zero-order valence-corrected chi connectivity index (χ0v) is 7.52. The van der Waals surface area contributed by atoms with Crippen molar-refractivity contribution in [1.29, 1.82) is 0 Å². The predicted molar refractivity (Wildman–Crippen MR) is 43.2 cm³/mol. The number of carbonyl (C=O) groups excluding carboxylic acids is 1. The molecule has 4 nitrogen and oxygen atoms in total. The minimum absolute atomic E-state index is 0.0528. The third kappa shape index (κ3) is 6.00. The Morgan fingerprint density at radius 1 is 1.55 bits per heavy atom. The van der Waals surface area contributed by atoms with E-state index in [9.17, 15) is 13.2 Å². The summed E-state index contributed by atoms with van der Waals surface area (Å²) in [6.07, 6.45) is 2.22. The maximum atomic E-state index is 10.6. The van der Waals surface area contributed by atoms with Gasteiger partial charge in [0.1, 0.15) is 16.1 Å². The van der Waals surface area contributed by atoms with Crippen LogP contribution in [0.25, 0.3) is 0 Å². The first-order valence-electron chi connectivity index (χ1n) is 3.30. The molecule has 0 amide bonds. The van der Waals surface area contributed by atoms with Crippen molar-refractivity contribution in [3.05, 3.63) is 0 Å². The van der Waals surface area contributed by atoms with Crippen molar-refractivity contribution >= 4 is 16.1 Å². The summed E-state index contributed by atoms with van der Waals surface area (Å²) >= 11 is 0. The Morgan fingerprint density at radius 3 is 2.36 bits per heavy atom. The average Bonchev–Trinajstić information content (AvgIpc) is 1.88. The zero-order chi connectivity index (χ0) is 8.91. The summed E-state index contributed by atoms with van der Waals surface area (Å²) in [5, 5.41) is 2.69. The zero-order valence-electron chi connectivity index (χ0n) is 6.70. The van der Waals surface area contributed by atoms with Gasteiger partial charge in [-0.15, -0.1) is 0 Å². The molecular formula is C6H13NO3S. The van der Waals surface area contributed by atoms with E-state index in [0.29, 0.717) is 12.7 Å². The van der Waals surface area contributed by atoms with Crippen LogP contribution in [-0.4, -0.2) is 39.8 Å². The first-order valence-corrected chi connectivity index (χ1v) is 5.36. The Kier molecular flexibility index (Phi) is 4.29. The molecular weight excluding hydrogens is 166 g/mol. The van der Waals surface area contributed by atoms with Gasteiger partial charge in [-0.3, -0.25) is 0 Å². The van der Waals surface area contributed by atoms with Crippen molar-refractivity contribution in [3.8, 4) is 0 Å². The van der Waals surface area contributed by atoms with E-state index >= 15 is 0 Å². The molecule has 11 heavy (non-hydrogen) atoms. The second kappa shape index (κ2) is 4.46. The van der Waals surface area contributed by atoms with Crippen LogP contribution in [0.15, 0.2) is 0 Å². The molecule has 0 aromatic rings. The molecule has 1 unspecified atom stereocenters. The summed E-state index contributed by atoms with van der Waals surface area (Å²) in [5.74, 6) is 0.0528. The van der Waals surface area contributed by atoms with Gasteiger partial charge in [0.05, 0.1) is 11.8 Å². The Hall–Kier alpha value is -0.420. The van der Waals surface area contributed by atoms with Gasteiger partial charge >= 0.3 is 0 Å². The topological polar surface area (TPSA) is 63.2 Å². The summed E-state index contributed by atoms with van der Waals surface area (Å²) in [5.41, 5.74) is 0. The summed E-state index contributed by atoms with van der Waals surface area (Å²) in [7, 11) is -1.31. The van der Waals surface area contributed by atoms with Crippen LogP contribution in [0, 0.1) is 0 Å². The predicted octanol–water partition coefficient (Wildman–Crippen LogP) is -0.792. The molecule has 0 spiro atoms. The standard InChI is InChI=1S/C6H13NO3S/c1-7-6(5-8)3-4-11(2,9)10/h5-7H,3-4H2,1-2H3. The molecule has 0 aromatic heterocycles. The van der Waals surface area contributed by atoms with Crippen LogP contribution in [0.2, 0.25) is 0 Å². The number of nitrogens with one attached hydrogen (secondary N) is 1. The Morgan fingerprint density at radius 2 is 2.09 bits per heavy atom. The summed E-state index contributed by atoms with van der Waals surface area (Å²) in [6, 6.07) is -0.343. The molecule has 0 saturated carbocycles. The average molecular weight is 179 g/mol. The van der Waals surface area contributed by atoms with Crippen molar-refractivity contribution in [2.45, 2.75) is 12.5 Å². The lowest BCUT2D eigenvalue weighted by molar-refractivity contribution is -0.109. The fourth-order valence-corrected chi connectivity index (χ4v) is 1.30. The highest BCUT2D eigenvalue weighted by Crippen LogP contribution is 1.92. The van der Waals surface area contributed by atoms with E-state index in [0.717, 1.165) is 6.26 Å². The minimum atomic E-state index is -2.94. The molecule has 0 heterocycles. The molecule has 1 N–H and O–H groups in total. The SMILES string of the molecule is CNC(C=O)CCS(C)(=O)=O. The largest absolute Gasteiger partial charge is 0.311 e. The smallest absolute Gasteiger partial charge is 0.147 e. The van der Waals surface area contributed by atoms with Crippen LogP contribution in [0.5, 0.6) is 0 Å². The molecule has 5 heteroatoms. The second-order valence-electron chi connectivity index (χ2n) is 2.45. The van der Waals surface area contributed by atoms with E-state index in [-0.39, 0.29) is 11.8 Å². The Bertz CT molecular complexity index is 210. The van der Waals surface area contributed by atoms with Crippen LogP contribution < -0.4 is 5.32 Å². The number of sulfone groups is 1. The summed E-state index contributed by atoms with van der Waals surface area (Å²) in [6.45, 7) is 0. The van der Waals surface area contributed by atoms with Crippen LogP contribution in [0.3, 0.4) is 0 Å². The van der Waals surface area contributed by atoms with Gasteiger partial charge in [-0.1, -0.05) is 0 Å². The first kappa shape index (κ1) is 10.6. The number of hydrogen-bond acceptors (Lipinski definition) is 4. The van der Waals surface area contributed by atoms with Crippen LogP contribution in [0.1, 0.15) is 6.42 Å². The highest BCUT2D eigenvalue weighted by Gasteiger charge is 2.08. The van der Waals surface area contributed by atoms with E-state index in [1.165, 1.54) is 0 Å². The lowest BCUT2D eigenvalue weighted by Gasteiger charge is -2.06. The van der Waals surface area contributed by atoms with Gasteiger partial charge in [0.25, 0.3) is 0 Å². The monoisotopic (exact) mass is 179 g/mol. The van der Waals surface area contributed by atoms with Crippen molar-refractivity contribution in [3.63, 3.8) is 0 Å². The maximum Gasteiger partial charge on any atom is 0.147 e. The number of carbonyl (C=O) groups is 1. The lowest BCUT2D eigenvalue weighted by atomic mass is 10.3. The first-order chi connectivity index (χ1) is 4.99. The molecule has 0 aliphatic carbocycles. The summed E-state index contributed by atoms with van der Waals surface area (Å²) in [4.78, 5) is 10.2. The highest BCUT2D eigenvalue weighted by molar-refractivity contribution is 7.90. The molecule has 0 aliphatic heterocycles. The third-order valence-electron chi connectivity index (χ3n) is 1.33.